The molecule has 0 aromatic carbocycles. The predicted octanol–water partition coefficient (Wildman–Crippen LogP) is 2.75. The lowest BCUT2D eigenvalue weighted by Crippen LogP contribution is -2.17. The van der Waals surface area contributed by atoms with Gasteiger partial charge in [0.25, 0.3) is 5.56 Å². The molecule has 3 rings (SSSR count). The normalized spacial score (nSPS) is 15.7. The third-order valence-corrected chi connectivity index (χ3v) is 3.59. The zero-order valence-electron chi connectivity index (χ0n) is 10.7. The van der Waals surface area contributed by atoms with E-state index >= 15 is 0 Å². The van der Waals surface area contributed by atoms with Gasteiger partial charge in [-0.15, -0.1) is 0 Å². The molecule has 98 valence electrons. The maximum absolute atomic E-state index is 12.3. The number of fused-ring (bicyclic) bond motifs is 1. The Morgan fingerprint density at radius 2 is 2.00 bits per heavy atom. The molecule has 2 aromatic rings. The maximum atomic E-state index is 12.3. The molecule has 0 atom stereocenters. The van der Waals surface area contributed by atoms with Crippen molar-refractivity contribution in [1.29, 1.82) is 0 Å². The second-order valence-corrected chi connectivity index (χ2v) is 4.95. The summed E-state index contributed by atoms with van der Waals surface area (Å²) in [6.45, 7) is 0. The van der Waals surface area contributed by atoms with Crippen molar-refractivity contribution in [2.24, 2.45) is 0 Å². The first kappa shape index (κ1) is 12.0. The standard InChI is InChI=1S/C15H16N2O2/c18-14-12(10-11-6-2-1-3-7-11)15(19)17-9-5-4-8-13(17)16-14/h4-5,8-10,18H,1-3,6-7H2. The summed E-state index contributed by atoms with van der Waals surface area (Å²) in [6, 6.07) is 5.28. The van der Waals surface area contributed by atoms with Crippen LogP contribution in [0.2, 0.25) is 0 Å². The smallest absolute Gasteiger partial charge is 0.269 e. The highest BCUT2D eigenvalue weighted by Crippen LogP contribution is 2.25. The van der Waals surface area contributed by atoms with E-state index in [9.17, 15) is 9.90 Å². The third kappa shape index (κ3) is 2.26. The van der Waals surface area contributed by atoms with Gasteiger partial charge in [-0.25, -0.2) is 0 Å². The molecule has 4 nitrogen and oxygen atoms in total. The van der Waals surface area contributed by atoms with Crippen LogP contribution in [0.5, 0.6) is 5.88 Å². The molecule has 0 radical (unpaired) electrons. The highest BCUT2D eigenvalue weighted by Gasteiger charge is 2.12. The van der Waals surface area contributed by atoms with Crippen LogP contribution in [0.1, 0.15) is 37.7 Å². The third-order valence-electron chi connectivity index (χ3n) is 3.59. The molecule has 4 heteroatoms. The minimum Gasteiger partial charge on any atom is -0.493 e. The zero-order chi connectivity index (χ0) is 13.2. The molecule has 1 N–H and O–H groups in total. The van der Waals surface area contributed by atoms with Crippen LogP contribution in [-0.2, 0) is 0 Å². The topological polar surface area (TPSA) is 54.6 Å². The van der Waals surface area contributed by atoms with Crippen molar-refractivity contribution < 1.29 is 5.11 Å². The summed E-state index contributed by atoms with van der Waals surface area (Å²) in [5.74, 6) is -0.172. The number of aromatic hydroxyl groups is 1. The molecule has 0 bridgehead atoms. The van der Waals surface area contributed by atoms with Gasteiger partial charge < -0.3 is 5.11 Å². The molecular weight excluding hydrogens is 240 g/mol. The van der Waals surface area contributed by atoms with E-state index in [1.807, 2.05) is 6.08 Å². The van der Waals surface area contributed by atoms with Crippen molar-refractivity contribution in [2.75, 3.05) is 0 Å². The largest absolute Gasteiger partial charge is 0.493 e. The Balaban J connectivity index is 2.15. The number of hydrogen-bond donors (Lipinski definition) is 1. The van der Waals surface area contributed by atoms with Crippen LogP contribution in [0.3, 0.4) is 0 Å². The lowest BCUT2D eigenvalue weighted by Gasteiger charge is -2.13. The number of aromatic nitrogens is 2. The lowest BCUT2D eigenvalue weighted by atomic mass is 9.94. The van der Waals surface area contributed by atoms with Gasteiger partial charge in [-0.05, 0) is 43.9 Å². The molecule has 1 saturated carbocycles. The summed E-state index contributed by atoms with van der Waals surface area (Å²) in [7, 11) is 0. The highest BCUT2D eigenvalue weighted by atomic mass is 16.3. The first-order chi connectivity index (χ1) is 9.25. The summed E-state index contributed by atoms with van der Waals surface area (Å²) >= 11 is 0. The Morgan fingerprint density at radius 3 is 2.79 bits per heavy atom. The summed E-state index contributed by atoms with van der Waals surface area (Å²) in [5, 5.41) is 9.95. The Labute approximate surface area is 111 Å². The van der Waals surface area contributed by atoms with Crippen LogP contribution in [-0.4, -0.2) is 14.5 Å². The average Bonchev–Trinajstić information content (AvgIpc) is 2.45. The van der Waals surface area contributed by atoms with Gasteiger partial charge in [-0.1, -0.05) is 18.1 Å². The van der Waals surface area contributed by atoms with Crippen LogP contribution >= 0.6 is 0 Å². The highest BCUT2D eigenvalue weighted by molar-refractivity contribution is 5.59. The summed E-state index contributed by atoms with van der Waals surface area (Å²) in [5.41, 5.74) is 1.80. The second-order valence-electron chi connectivity index (χ2n) is 4.95. The first-order valence-corrected chi connectivity index (χ1v) is 6.65. The molecule has 0 amide bonds. The molecule has 1 aliphatic rings. The van der Waals surface area contributed by atoms with Crippen LogP contribution in [0, 0.1) is 0 Å². The molecule has 2 aromatic heterocycles. The quantitative estimate of drug-likeness (QED) is 0.853. The second kappa shape index (κ2) is 4.88. The fourth-order valence-electron chi connectivity index (χ4n) is 2.57. The van der Waals surface area contributed by atoms with Gasteiger partial charge >= 0.3 is 0 Å². The van der Waals surface area contributed by atoms with Gasteiger partial charge in [0.05, 0.1) is 0 Å². The molecule has 0 unspecified atom stereocenters. The number of allylic oxidation sites excluding steroid dienone is 1. The molecule has 19 heavy (non-hydrogen) atoms. The maximum Gasteiger partial charge on any atom is 0.269 e. The van der Waals surface area contributed by atoms with E-state index in [1.165, 1.54) is 16.4 Å². The average molecular weight is 256 g/mol. The minimum absolute atomic E-state index is 0.172. The summed E-state index contributed by atoms with van der Waals surface area (Å²) < 4.78 is 1.47. The first-order valence-electron chi connectivity index (χ1n) is 6.65. The molecule has 0 saturated heterocycles. The van der Waals surface area contributed by atoms with Crippen molar-refractivity contribution in [3.05, 3.63) is 45.9 Å². The van der Waals surface area contributed by atoms with E-state index in [4.69, 9.17) is 0 Å². The molecule has 2 heterocycles. The molecule has 0 spiro atoms. The number of hydrogen-bond acceptors (Lipinski definition) is 3. The molecular formula is C15H16N2O2. The number of rotatable bonds is 1. The zero-order valence-corrected chi connectivity index (χ0v) is 10.7. The van der Waals surface area contributed by atoms with Gasteiger partial charge in [-0.2, -0.15) is 4.98 Å². The van der Waals surface area contributed by atoms with Crippen molar-refractivity contribution in [1.82, 2.24) is 9.38 Å². The van der Waals surface area contributed by atoms with E-state index in [2.05, 4.69) is 4.98 Å². The van der Waals surface area contributed by atoms with E-state index in [-0.39, 0.29) is 11.4 Å². The lowest BCUT2D eigenvalue weighted by molar-refractivity contribution is 0.451. The van der Waals surface area contributed by atoms with Gasteiger partial charge in [0, 0.05) is 6.20 Å². The van der Waals surface area contributed by atoms with E-state index in [1.54, 1.807) is 24.4 Å². The van der Waals surface area contributed by atoms with Crippen molar-refractivity contribution in [3.8, 4) is 5.88 Å². The Morgan fingerprint density at radius 1 is 1.21 bits per heavy atom. The van der Waals surface area contributed by atoms with Crippen LogP contribution < -0.4 is 5.56 Å². The molecule has 0 aliphatic heterocycles. The summed E-state index contributed by atoms with van der Waals surface area (Å²) in [6.07, 6.45) is 9.09. The Bertz CT molecular complexity index is 693. The van der Waals surface area contributed by atoms with Crippen LogP contribution in [0.25, 0.3) is 11.7 Å². The fraction of sp³-hybridized carbons (Fsp3) is 0.333. The van der Waals surface area contributed by atoms with Gasteiger partial charge in [0.1, 0.15) is 11.2 Å². The SMILES string of the molecule is O=c1c(C=C2CCCCC2)c(O)nc2ccccn12. The monoisotopic (exact) mass is 256 g/mol. The van der Waals surface area contributed by atoms with Crippen LogP contribution in [0.15, 0.2) is 34.8 Å². The number of nitrogens with zero attached hydrogens (tertiary/aromatic N) is 2. The molecule has 1 fully saturated rings. The van der Waals surface area contributed by atoms with Gasteiger partial charge in [0.2, 0.25) is 5.88 Å². The minimum atomic E-state index is -0.207. The predicted molar refractivity (Wildman–Crippen MR) is 74.2 cm³/mol. The van der Waals surface area contributed by atoms with Gasteiger partial charge in [0.15, 0.2) is 0 Å². The Kier molecular flexibility index (Phi) is 3.07. The van der Waals surface area contributed by atoms with Crippen molar-refractivity contribution in [3.63, 3.8) is 0 Å². The van der Waals surface area contributed by atoms with E-state index < -0.39 is 0 Å². The van der Waals surface area contributed by atoms with Crippen molar-refractivity contribution in [2.45, 2.75) is 32.1 Å². The fourth-order valence-corrected chi connectivity index (χ4v) is 2.57. The van der Waals surface area contributed by atoms with E-state index in [0.717, 1.165) is 25.7 Å². The van der Waals surface area contributed by atoms with Crippen LogP contribution in [0.4, 0.5) is 0 Å². The Hall–Kier alpha value is -2.10. The number of pyridine rings is 1. The molecule has 1 aliphatic carbocycles. The van der Waals surface area contributed by atoms with Gasteiger partial charge in [-0.3, -0.25) is 9.20 Å². The summed E-state index contributed by atoms with van der Waals surface area (Å²) in [4.78, 5) is 16.4. The van der Waals surface area contributed by atoms with Crippen molar-refractivity contribution >= 4 is 11.7 Å². The van der Waals surface area contributed by atoms with E-state index in [0.29, 0.717) is 11.2 Å².